The molecule has 0 unspecified atom stereocenters. The summed E-state index contributed by atoms with van der Waals surface area (Å²) < 4.78 is 0. The first kappa shape index (κ1) is 25.0. The summed E-state index contributed by atoms with van der Waals surface area (Å²) in [6, 6.07) is 12.9. The summed E-state index contributed by atoms with van der Waals surface area (Å²) in [7, 11) is 0. The van der Waals surface area contributed by atoms with Gasteiger partial charge >= 0.3 is 0 Å². The number of para-hydroxylation sites is 2. The van der Waals surface area contributed by atoms with Gasteiger partial charge < -0.3 is 36.1 Å². The number of benzene rings is 2. The zero-order chi connectivity index (χ0) is 26.5. The molecule has 5 rings (SSSR count). The molecule has 10 heteroatoms. The average Bonchev–Trinajstić information content (AvgIpc) is 3.69. The lowest BCUT2D eigenvalue weighted by molar-refractivity contribution is -0.130. The third-order valence-corrected chi connectivity index (χ3v) is 6.67. The lowest BCUT2D eigenvalue weighted by atomic mass is 10.0. The van der Waals surface area contributed by atoms with Gasteiger partial charge in [-0.25, -0.2) is 4.98 Å². The number of amides is 2. The molecule has 0 fully saturated rings. The first-order valence-corrected chi connectivity index (χ1v) is 12.4. The number of nitrogens with one attached hydrogen (secondary N) is 5. The first-order chi connectivity index (χ1) is 18.5. The largest absolute Gasteiger partial charge is 0.361 e. The third kappa shape index (κ3) is 5.50. The van der Waals surface area contributed by atoms with Gasteiger partial charge in [0.15, 0.2) is 0 Å². The number of imidazole rings is 1. The number of nitrogens with two attached hydrogens (primary N) is 1. The van der Waals surface area contributed by atoms with Crippen molar-refractivity contribution in [1.29, 1.82) is 0 Å². The number of carbonyl (C=O) groups excluding carboxylic acids is 3. The molecule has 0 saturated carbocycles. The Bertz CT molecular complexity index is 1550. The van der Waals surface area contributed by atoms with Crippen LogP contribution in [0, 0.1) is 0 Å². The Hall–Kier alpha value is -4.70. The Balaban J connectivity index is 1.27. The summed E-state index contributed by atoms with van der Waals surface area (Å²) in [4.78, 5) is 51.6. The van der Waals surface area contributed by atoms with Gasteiger partial charge in [0.2, 0.25) is 11.8 Å². The fourth-order valence-corrected chi connectivity index (χ4v) is 4.69. The zero-order valence-electron chi connectivity index (χ0n) is 20.6. The molecule has 0 aliphatic heterocycles. The molecule has 10 nitrogen and oxygen atoms in total. The molecule has 0 saturated heterocycles. The minimum atomic E-state index is -0.956. The summed E-state index contributed by atoms with van der Waals surface area (Å²) in [6.45, 7) is 0. The summed E-state index contributed by atoms with van der Waals surface area (Å²) >= 11 is 0. The lowest BCUT2D eigenvalue weighted by Gasteiger charge is -2.22. The standard InChI is InChI=1S/C28H29N7O3/c29-23(10-18-13-32-25-8-4-2-6-22(18)25)27(37)35-26(11-19-14-30-16-33-19)28(38)34-20(15-36)9-17-12-31-24-7-3-1-5-21(17)24/h1-8,12-16,20,23,26,31-32H,9-11,29H2,(H,30,33)(H,34,38)(H,35,37)/t20-,23-,26-/m0/s1. The number of aldehydes is 1. The summed E-state index contributed by atoms with van der Waals surface area (Å²) in [5.41, 5.74) is 10.7. The summed E-state index contributed by atoms with van der Waals surface area (Å²) in [6.07, 6.45) is 8.23. The van der Waals surface area contributed by atoms with E-state index >= 15 is 0 Å². The van der Waals surface area contributed by atoms with Crippen molar-refractivity contribution in [2.24, 2.45) is 5.73 Å². The van der Waals surface area contributed by atoms with Crippen LogP contribution < -0.4 is 16.4 Å². The SMILES string of the molecule is N[C@@H](Cc1c[nH]c2ccccc12)C(=O)N[C@@H](Cc1cnc[nH]1)C(=O)N[C@H](C=O)Cc1c[nH]c2ccccc12. The monoisotopic (exact) mass is 511 g/mol. The maximum atomic E-state index is 13.3. The van der Waals surface area contributed by atoms with E-state index < -0.39 is 29.9 Å². The maximum Gasteiger partial charge on any atom is 0.243 e. The van der Waals surface area contributed by atoms with E-state index in [-0.39, 0.29) is 6.42 Å². The molecule has 3 aromatic heterocycles. The van der Waals surface area contributed by atoms with Crippen LogP contribution in [0.3, 0.4) is 0 Å². The van der Waals surface area contributed by atoms with Gasteiger partial charge in [0, 0.05) is 58.9 Å². The molecule has 0 bridgehead atoms. The lowest BCUT2D eigenvalue weighted by Crippen LogP contribution is -2.55. The van der Waals surface area contributed by atoms with Crippen LogP contribution in [0.2, 0.25) is 0 Å². The van der Waals surface area contributed by atoms with Gasteiger partial charge in [-0.3, -0.25) is 9.59 Å². The van der Waals surface area contributed by atoms with Crippen LogP contribution in [-0.4, -0.2) is 56.2 Å². The van der Waals surface area contributed by atoms with Crippen molar-refractivity contribution in [2.75, 3.05) is 0 Å². The van der Waals surface area contributed by atoms with E-state index in [0.717, 1.165) is 32.9 Å². The predicted octanol–water partition coefficient (Wildman–Crippen LogP) is 1.90. The number of carbonyl (C=O) groups is 3. The highest BCUT2D eigenvalue weighted by atomic mass is 16.2. The Labute approximate surface area is 218 Å². The van der Waals surface area contributed by atoms with E-state index in [9.17, 15) is 14.4 Å². The molecule has 0 aliphatic carbocycles. The van der Waals surface area contributed by atoms with Gasteiger partial charge in [-0.05, 0) is 29.7 Å². The molecule has 7 N–H and O–H groups in total. The number of H-pyrrole nitrogens is 3. The molecule has 194 valence electrons. The highest BCUT2D eigenvalue weighted by Crippen LogP contribution is 2.20. The molecular formula is C28H29N7O3. The summed E-state index contributed by atoms with van der Waals surface area (Å²) in [5, 5.41) is 7.54. The van der Waals surface area contributed by atoms with Crippen LogP contribution in [0.4, 0.5) is 0 Å². The molecule has 0 aliphatic rings. The molecular weight excluding hydrogens is 482 g/mol. The zero-order valence-corrected chi connectivity index (χ0v) is 20.6. The molecule has 3 atom stereocenters. The molecule has 0 radical (unpaired) electrons. The minimum absolute atomic E-state index is 0.163. The fourth-order valence-electron chi connectivity index (χ4n) is 4.69. The highest BCUT2D eigenvalue weighted by molar-refractivity contribution is 5.92. The molecule has 3 heterocycles. The van der Waals surface area contributed by atoms with Crippen molar-refractivity contribution in [3.8, 4) is 0 Å². The molecule has 38 heavy (non-hydrogen) atoms. The normalized spacial score (nSPS) is 13.7. The Morgan fingerprint density at radius 2 is 1.47 bits per heavy atom. The molecule has 0 spiro atoms. The van der Waals surface area contributed by atoms with Crippen molar-refractivity contribution < 1.29 is 14.4 Å². The van der Waals surface area contributed by atoms with Crippen LogP contribution in [0.15, 0.2) is 73.4 Å². The van der Waals surface area contributed by atoms with Gasteiger partial charge in [0.05, 0.1) is 18.4 Å². The van der Waals surface area contributed by atoms with Gasteiger partial charge in [0.1, 0.15) is 12.3 Å². The second-order valence-corrected chi connectivity index (χ2v) is 9.33. The van der Waals surface area contributed by atoms with Crippen molar-refractivity contribution in [2.45, 2.75) is 37.4 Å². The Morgan fingerprint density at radius 3 is 2.08 bits per heavy atom. The Morgan fingerprint density at radius 1 is 0.842 bits per heavy atom. The molecule has 2 aromatic carbocycles. The van der Waals surface area contributed by atoms with Crippen molar-refractivity contribution in [3.63, 3.8) is 0 Å². The fraction of sp³-hybridized carbons (Fsp3) is 0.214. The average molecular weight is 512 g/mol. The van der Waals surface area contributed by atoms with Crippen molar-refractivity contribution >= 4 is 39.9 Å². The highest BCUT2D eigenvalue weighted by Gasteiger charge is 2.27. The van der Waals surface area contributed by atoms with Gasteiger partial charge in [-0.15, -0.1) is 0 Å². The maximum absolute atomic E-state index is 13.3. The van der Waals surface area contributed by atoms with E-state index in [4.69, 9.17) is 5.73 Å². The number of hydrogen-bond acceptors (Lipinski definition) is 5. The van der Waals surface area contributed by atoms with Gasteiger partial charge in [-0.1, -0.05) is 36.4 Å². The number of rotatable bonds is 11. The van der Waals surface area contributed by atoms with Crippen LogP contribution in [-0.2, 0) is 33.6 Å². The van der Waals surface area contributed by atoms with Crippen molar-refractivity contribution in [1.82, 2.24) is 30.6 Å². The van der Waals surface area contributed by atoms with Crippen LogP contribution in [0.5, 0.6) is 0 Å². The third-order valence-electron chi connectivity index (χ3n) is 6.67. The van der Waals surface area contributed by atoms with E-state index in [2.05, 4.69) is 30.6 Å². The summed E-state index contributed by atoms with van der Waals surface area (Å²) in [5.74, 6) is -0.946. The predicted molar refractivity (Wildman–Crippen MR) is 144 cm³/mol. The number of hydrogen-bond donors (Lipinski definition) is 6. The van der Waals surface area contributed by atoms with Crippen LogP contribution in [0.1, 0.15) is 16.8 Å². The Kier molecular flexibility index (Phi) is 7.32. The van der Waals surface area contributed by atoms with E-state index in [1.54, 1.807) is 6.20 Å². The second kappa shape index (κ2) is 11.1. The van der Waals surface area contributed by atoms with Crippen LogP contribution in [0.25, 0.3) is 21.8 Å². The van der Waals surface area contributed by atoms with Crippen LogP contribution >= 0.6 is 0 Å². The molecule has 2 amide bonds. The van der Waals surface area contributed by atoms with E-state index in [1.807, 2.05) is 60.9 Å². The number of aromatic nitrogens is 4. The topological polar surface area (TPSA) is 162 Å². The van der Waals surface area contributed by atoms with Crippen molar-refractivity contribution in [3.05, 3.63) is 90.3 Å². The number of aromatic amines is 3. The quantitative estimate of drug-likeness (QED) is 0.149. The van der Waals surface area contributed by atoms with Gasteiger partial charge in [0.25, 0.3) is 0 Å². The van der Waals surface area contributed by atoms with Gasteiger partial charge in [-0.2, -0.15) is 0 Å². The smallest absolute Gasteiger partial charge is 0.243 e. The number of nitrogens with zero attached hydrogens (tertiary/aromatic N) is 1. The molecule has 5 aromatic rings. The first-order valence-electron chi connectivity index (χ1n) is 12.4. The second-order valence-electron chi connectivity index (χ2n) is 9.33. The number of fused-ring (bicyclic) bond motifs is 2. The van der Waals surface area contributed by atoms with E-state index in [0.29, 0.717) is 24.8 Å². The van der Waals surface area contributed by atoms with E-state index in [1.165, 1.54) is 6.33 Å². The minimum Gasteiger partial charge on any atom is -0.361 e.